The van der Waals surface area contributed by atoms with Gasteiger partial charge in [-0.15, -0.1) is 43.1 Å². The lowest BCUT2D eigenvalue weighted by Crippen LogP contribution is -2.44. The van der Waals surface area contributed by atoms with Crippen LogP contribution in [0, 0.1) is 0 Å². The number of likely N-dealkylation sites (N-methyl/N-ethyl adjacent to an activating group) is 1. The Morgan fingerprint density at radius 1 is 0.411 bits per heavy atom. The number of hydrogen-bond acceptors (Lipinski definition) is 39. The van der Waals surface area contributed by atoms with Gasteiger partial charge in [-0.3, -0.25) is 0 Å². The molecule has 5 fully saturated rings. The number of thiazole rings is 3. The number of rotatable bonds is 23. The molecule has 13 aromatic rings. The second-order valence-electron chi connectivity index (χ2n) is 29.9. The molecule has 0 atom stereocenters. The number of nitrogens with two attached hydrogens (primary N) is 4. The van der Waals surface area contributed by atoms with Crippen LogP contribution in [0.3, 0.4) is 0 Å². The quantitative estimate of drug-likeness (QED) is 0.0295. The van der Waals surface area contributed by atoms with E-state index in [-0.39, 0.29) is 29.2 Å². The number of anilines is 17. The van der Waals surface area contributed by atoms with E-state index in [0.29, 0.717) is 68.0 Å². The fourth-order valence-corrected chi connectivity index (χ4v) is 16.7. The molecule has 5 saturated heterocycles. The summed E-state index contributed by atoms with van der Waals surface area (Å²) in [7, 11) is 10.3. The lowest BCUT2D eigenvalue weighted by molar-refractivity contribution is 0.122. The molecule has 0 aliphatic carbocycles. The Kier molecular flexibility index (Phi) is 27.4. The third-order valence-corrected chi connectivity index (χ3v) is 23.4. The van der Waals surface area contributed by atoms with Crippen molar-refractivity contribution in [3.63, 3.8) is 0 Å². The third kappa shape index (κ3) is 20.7. The molecule has 5 aliphatic rings. The van der Waals surface area contributed by atoms with E-state index in [4.69, 9.17) is 70.6 Å². The molecule has 18 rings (SSSR count). The molecular weight excluding hydrogens is 1650 g/mol. The number of nitrogen functional groups attached to an aromatic ring is 4. The van der Waals surface area contributed by atoms with Crippen molar-refractivity contribution >= 4 is 143 Å². The standard InChI is InChI=1S/C22H30N10O2.C21H23N7O3S.C20H27N7O2S.C18H23N7O2S/c1-29-5-7-31(8-6-29)19-14-20(25-15-24-19)32-21(23)27-22(28-32)26-17-4-3-16(13-18(17)33-2)30-9-11-34-12-10-30;1-29-14-4-6-16-18(12-14)32-21(24-16)28-19(22)25-20(26-28)23-15-5-3-13(11-17(15)30-2)27-7-9-31-10-8-27;1-20(2,3)16-12-30-19(23-16)27-18(24-17(21)25-27)22-14-6-5-13(11-15(14)28-4)26-7-9-29-10-8-26;1-3-12-11-28-18(20-12)25-16(19)22-17(23-25)21-14-5-4-13(10-15(14)26-2)24-6-8-27-9-7-24/h3-4,13-15H,5-12H2,1-2H3,(H3,23,26,27,28);3-6,11-12H,7-10H2,1-2H3,(H3,22,23,25,26);5-6,11-12H,7-10H2,1-4H3,(H3,21,22,24,25);4-5,10-11H,3,6-9H2,1-2H3,(H3,19,21,22,23). The van der Waals surface area contributed by atoms with E-state index in [1.165, 1.54) is 49.7 Å². The maximum absolute atomic E-state index is 6.18. The molecule has 0 spiro atoms. The van der Waals surface area contributed by atoms with Gasteiger partial charge in [0.1, 0.15) is 40.9 Å². The average molecular weight is 1750 g/mol. The van der Waals surface area contributed by atoms with E-state index in [0.717, 1.165) is 216 Å². The number of morpholine rings is 4. The summed E-state index contributed by atoms with van der Waals surface area (Å²) in [5.74, 6) is 7.51. The minimum Gasteiger partial charge on any atom is -0.497 e. The van der Waals surface area contributed by atoms with Gasteiger partial charge in [0.25, 0.3) is 0 Å². The van der Waals surface area contributed by atoms with E-state index in [1.54, 1.807) is 44.9 Å². The fourth-order valence-electron chi connectivity index (χ4n) is 13.8. The molecule has 0 bridgehead atoms. The second kappa shape index (κ2) is 39.5. The molecule has 40 nitrogen and oxygen atoms in total. The van der Waals surface area contributed by atoms with Crippen LogP contribution >= 0.6 is 34.0 Å². The molecule has 0 unspecified atom stereocenters. The molecule has 43 heteroatoms. The number of aryl methyl sites for hydroxylation is 1. The third-order valence-electron chi connectivity index (χ3n) is 20.7. The van der Waals surface area contributed by atoms with Crippen molar-refractivity contribution in [3.05, 3.63) is 126 Å². The largest absolute Gasteiger partial charge is 0.497 e. The van der Waals surface area contributed by atoms with E-state index < -0.39 is 0 Å². The van der Waals surface area contributed by atoms with Crippen LogP contribution in [0.15, 0.2) is 114 Å². The molecule has 13 heterocycles. The lowest BCUT2D eigenvalue weighted by Gasteiger charge is -2.33. The first kappa shape index (κ1) is 86.0. The number of nitrogens with one attached hydrogen (secondary N) is 4. The predicted molar refractivity (Wildman–Crippen MR) is 485 cm³/mol. The number of hydrogen-bond donors (Lipinski definition) is 8. The molecule has 5 aliphatic heterocycles. The SMILES string of the molecule is CCc1csc(-n2nc(Nc3ccc(N4CCOCC4)cc3OC)nc2N)n1.COc1cc(N2CCOCC2)ccc1Nc1nc(N)n(-c2cc(N3CCN(C)CC3)ncn2)n1.COc1cc(N2CCOCC2)ccc1Nc1nc(N)nn1-c1nc(C(C)(C)C)cs1.COc1ccc2nc(-n3nc(Nc4ccc(N5CCOCC5)cc4OC)nc3N)sc2c1. The Morgan fingerprint density at radius 2 is 0.839 bits per heavy atom. The Hall–Kier alpha value is -12.9. The number of aromatic nitrogens is 17. The molecule has 12 N–H and O–H groups in total. The maximum atomic E-state index is 6.18. The van der Waals surface area contributed by atoms with Crippen molar-refractivity contribution in [2.45, 2.75) is 39.5 Å². The summed E-state index contributed by atoms with van der Waals surface area (Å²) in [4.78, 5) is 53.6. The minimum absolute atomic E-state index is 0.0486. The highest BCUT2D eigenvalue weighted by molar-refractivity contribution is 7.20. The number of benzene rings is 5. The molecule has 0 radical (unpaired) electrons. The van der Waals surface area contributed by atoms with E-state index in [2.05, 4.69) is 152 Å². The summed E-state index contributed by atoms with van der Waals surface area (Å²) in [6.45, 7) is 24.9. The summed E-state index contributed by atoms with van der Waals surface area (Å²) in [6, 6.07) is 31.6. The molecule has 124 heavy (non-hydrogen) atoms. The summed E-state index contributed by atoms with van der Waals surface area (Å²) >= 11 is 4.45. The molecule has 654 valence electrons. The summed E-state index contributed by atoms with van der Waals surface area (Å²) in [6.07, 6.45) is 2.40. The zero-order chi connectivity index (χ0) is 86.4. The van der Waals surface area contributed by atoms with E-state index >= 15 is 0 Å². The highest BCUT2D eigenvalue weighted by Gasteiger charge is 2.27. The first-order valence-corrected chi connectivity index (χ1v) is 43.0. The Bertz CT molecular complexity index is 5720. The van der Waals surface area contributed by atoms with Crippen LogP contribution < -0.4 is 92.4 Å². The Morgan fingerprint density at radius 3 is 1.27 bits per heavy atom. The van der Waals surface area contributed by atoms with Gasteiger partial charge in [-0.25, -0.2) is 24.9 Å². The van der Waals surface area contributed by atoms with Crippen LogP contribution in [0.25, 0.3) is 31.4 Å². The van der Waals surface area contributed by atoms with Gasteiger partial charge >= 0.3 is 0 Å². The van der Waals surface area contributed by atoms with Crippen LogP contribution in [0.1, 0.15) is 39.1 Å². The normalized spacial score (nSPS) is 15.1. The zero-order valence-corrected chi connectivity index (χ0v) is 73.3. The molecule has 8 aromatic heterocycles. The van der Waals surface area contributed by atoms with Gasteiger partial charge in [0.05, 0.1) is 133 Å². The maximum Gasteiger partial charge on any atom is 0.249 e. The fraction of sp³-hybridized carbons (Fsp3) is 0.395. The van der Waals surface area contributed by atoms with Gasteiger partial charge in [-0.05, 0) is 80.2 Å². The predicted octanol–water partition coefficient (Wildman–Crippen LogP) is 9.69. The lowest BCUT2D eigenvalue weighted by atomic mass is 9.93. The minimum atomic E-state index is -0.0486. The van der Waals surface area contributed by atoms with Crippen molar-refractivity contribution in [1.29, 1.82) is 0 Å². The average Bonchev–Trinajstić information content (AvgIpc) is 1.65. The van der Waals surface area contributed by atoms with Gasteiger partial charge in [0, 0.05) is 148 Å². The molecular formula is C81H103N31O9S3. The molecule has 0 saturated carbocycles. The summed E-state index contributed by atoms with van der Waals surface area (Å²) < 4.78 is 56.6. The number of methoxy groups -OCH3 is 5. The number of fused-ring (bicyclic) bond motifs is 1. The Balaban J connectivity index is 0.000000128. The van der Waals surface area contributed by atoms with Crippen LogP contribution in [0.2, 0.25) is 0 Å². The van der Waals surface area contributed by atoms with Crippen LogP contribution in [-0.2, 0) is 30.8 Å². The van der Waals surface area contributed by atoms with Crippen LogP contribution in [0.4, 0.5) is 98.9 Å². The molecule has 5 aromatic carbocycles. The molecule has 0 amide bonds. The van der Waals surface area contributed by atoms with Crippen LogP contribution in [-0.4, -0.2) is 263 Å². The monoisotopic (exact) mass is 1750 g/mol. The number of ether oxygens (including phenoxy) is 9. The van der Waals surface area contributed by atoms with E-state index in [1.807, 2.05) is 102 Å². The second-order valence-corrected chi connectivity index (χ2v) is 32.5. The van der Waals surface area contributed by atoms with Crippen molar-refractivity contribution in [2.75, 3.05) is 243 Å². The first-order chi connectivity index (χ1) is 60.3. The van der Waals surface area contributed by atoms with Gasteiger partial charge in [0.2, 0.25) is 63.0 Å². The summed E-state index contributed by atoms with van der Waals surface area (Å²) in [5, 5.41) is 36.8. The zero-order valence-electron chi connectivity index (χ0n) is 70.8. The van der Waals surface area contributed by atoms with Crippen LogP contribution in [0.5, 0.6) is 28.7 Å². The van der Waals surface area contributed by atoms with Crippen molar-refractivity contribution in [3.8, 4) is 50.0 Å². The first-order valence-electron chi connectivity index (χ1n) is 40.4. The van der Waals surface area contributed by atoms with Gasteiger partial charge in [-0.1, -0.05) is 39.0 Å². The van der Waals surface area contributed by atoms with Crippen molar-refractivity contribution in [2.24, 2.45) is 0 Å². The highest BCUT2D eigenvalue weighted by Crippen LogP contribution is 2.39. The van der Waals surface area contributed by atoms with E-state index in [9.17, 15) is 0 Å². The number of piperazine rings is 1. The summed E-state index contributed by atoms with van der Waals surface area (Å²) in [5.41, 5.74) is 34.4. The topological polar surface area (TPSA) is 442 Å². The smallest absolute Gasteiger partial charge is 0.249 e. The highest BCUT2D eigenvalue weighted by atomic mass is 32.1. The van der Waals surface area contributed by atoms with Crippen molar-refractivity contribution in [1.82, 2.24) is 88.9 Å². The van der Waals surface area contributed by atoms with Gasteiger partial charge < -0.3 is 116 Å². The van der Waals surface area contributed by atoms with Gasteiger partial charge in [0.15, 0.2) is 5.82 Å². The van der Waals surface area contributed by atoms with Gasteiger partial charge in [-0.2, -0.15) is 38.7 Å². The number of nitrogens with zero attached hydrogens (tertiary/aromatic N) is 23. The Labute approximate surface area is 728 Å². The van der Waals surface area contributed by atoms with Crippen molar-refractivity contribution < 1.29 is 42.6 Å².